The van der Waals surface area contributed by atoms with Crippen LogP contribution in [0.2, 0.25) is 10.0 Å². The van der Waals surface area contributed by atoms with Crippen LogP contribution in [-0.2, 0) is 4.79 Å². The Morgan fingerprint density at radius 3 is 2.53 bits per heavy atom. The van der Waals surface area contributed by atoms with E-state index in [2.05, 4.69) is 5.32 Å². The lowest BCUT2D eigenvalue weighted by atomic mass is 10.1. The largest absolute Gasteiger partial charge is 0.492 e. The summed E-state index contributed by atoms with van der Waals surface area (Å²) in [5, 5.41) is 3.41. The molecule has 1 atom stereocenters. The SMILES string of the molecule is CSCCC(NC(=O)c1ccc(Cl)cc1Cl)C(=O)N(C)CCOc1ccc(F)cc1. The fraction of sp³-hybridized carbons (Fsp3) is 0.333. The zero-order valence-corrected chi connectivity index (χ0v) is 19.0. The maximum Gasteiger partial charge on any atom is 0.253 e. The molecule has 2 amide bonds. The van der Waals surface area contributed by atoms with Gasteiger partial charge in [0, 0.05) is 12.1 Å². The van der Waals surface area contributed by atoms with E-state index in [0.29, 0.717) is 29.5 Å². The molecule has 0 saturated heterocycles. The molecule has 1 N–H and O–H groups in total. The van der Waals surface area contributed by atoms with Crippen LogP contribution in [0.1, 0.15) is 16.8 Å². The van der Waals surface area contributed by atoms with Crippen molar-refractivity contribution in [1.29, 1.82) is 0 Å². The minimum absolute atomic E-state index is 0.220. The summed E-state index contributed by atoms with van der Waals surface area (Å²) in [6.07, 6.45) is 2.40. The smallest absolute Gasteiger partial charge is 0.253 e. The van der Waals surface area contributed by atoms with Crippen LogP contribution in [0.3, 0.4) is 0 Å². The lowest BCUT2D eigenvalue weighted by Gasteiger charge is -2.25. The first kappa shape index (κ1) is 24.3. The summed E-state index contributed by atoms with van der Waals surface area (Å²) in [6.45, 7) is 0.545. The molecule has 5 nitrogen and oxygen atoms in total. The molecule has 162 valence electrons. The Morgan fingerprint density at radius 1 is 1.20 bits per heavy atom. The van der Waals surface area contributed by atoms with Gasteiger partial charge in [-0.3, -0.25) is 9.59 Å². The molecule has 9 heteroatoms. The minimum atomic E-state index is -0.701. The third-order valence-corrected chi connectivity index (χ3v) is 5.47. The number of carbonyl (C=O) groups is 2. The van der Waals surface area contributed by atoms with Gasteiger partial charge < -0.3 is 15.0 Å². The van der Waals surface area contributed by atoms with Crippen LogP contribution >= 0.6 is 35.0 Å². The van der Waals surface area contributed by atoms with E-state index in [1.54, 1.807) is 24.9 Å². The Labute approximate surface area is 189 Å². The Balaban J connectivity index is 1.97. The molecule has 30 heavy (non-hydrogen) atoms. The van der Waals surface area contributed by atoms with E-state index in [1.807, 2.05) is 6.26 Å². The molecular formula is C21H23Cl2FN2O3S. The molecule has 0 aromatic heterocycles. The number of carbonyl (C=O) groups excluding carboxylic acids is 2. The number of rotatable bonds is 10. The molecular weight excluding hydrogens is 450 g/mol. The van der Waals surface area contributed by atoms with E-state index in [-0.39, 0.29) is 28.9 Å². The highest BCUT2D eigenvalue weighted by atomic mass is 35.5. The summed E-state index contributed by atoms with van der Waals surface area (Å²) in [5.74, 6) is 0.201. The van der Waals surface area contributed by atoms with Crippen molar-refractivity contribution in [2.75, 3.05) is 32.2 Å². The topological polar surface area (TPSA) is 58.6 Å². The van der Waals surface area contributed by atoms with Crippen molar-refractivity contribution in [3.05, 3.63) is 63.9 Å². The second kappa shape index (κ2) is 12.0. The molecule has 0 spiro atoms. The molecule has 0 bridgehead atoms. The fourth-order valence-electron chi connectivity index (χ4n) is 2.61. The van der Waals surface area contributed by atoms with Gasteiger partial charge in [0.05, 0.1) is 17.1 Å². The van der Waals surface area contributed by atoms with E-state index in [4.69, 9.17) is 27.9 Å². The second-order valence-electron chi connectivity index (χ2n) is 6.49. The zero-order chi connectivity index (χ0) is 22.1. The number of thioether (sulfide) groups is 1. The van der Waals surface area contributed by atoms with Crippen LogP contribution in [0.25, 0.3) is 0 Å². The minimum Gasteiger partial charge on any atom is -0.492 e. The van der Waals surface area contributed by atoms with Crippen LogP contribution in [-0.4, -0.2) is 55.0 Å². The first-order valence-corrected chi connectivity index (χ1v) is 11.3. The highest BCUT2D eigenvalue weighted by molar-refractivity contribution is 7.98. The van der Waals surface area contributed by atoms with Gasteiger partial charge in [0.2, 0.25) is 5.91 Å². The Kier molecular flexibility index (Phi) is 9.75. The first-order chi connectivity index (χ1) is 14.3. The highest BCUT2D eigenvalue weighted by Gasteiger charge is 2.25. The summed E-state index contributed by atoms with van der Waals surface area (Å²) in [7, 11) is 1.64. The van der Waals surface area contributed by atoms with Crippen molar-refractivity contribution < 1.29 is 18.7 Å². The molecule has 0 aliphatic rings. The number of likely N-dealkylation sites (N-methyl/N-ethyl adjacent to an activating group) is 1. The van der Waals surface area contributed by atoms with Gasteiger partial charge in [-0.05, 0) is 60.9 Å². The number of amides is 2. The van der Waals surface area contributed by atoms with E-state index >= 15 is 0 Å². The molecule has 0 saturated carbocycles. The van der Waals surface area contributed by atoms with Crippen LogP contribution in [0, 0.1) is 5.82 Å². The van der Waals surface area contributed by atoms with E-state index in [9.17, 15) is 14.0 Å². The van der Waals surface area contributed by atoms with Crippen LogP contribution in [0.4, 0.5) is 4.39 Å². The standard InChI is InChI=1S/C21H23Cl2FN2O3S/c1-26(10-11-29-16-6-4-15(24)5-7-16)21(28)19(9-12-30-2)25-20(27)17-8-3-14(22)13-18(17)23/h3-8,13,19H,9-12H2,1-2H3,(H,25,27). The van der Waals surface area contributed by atoms with Crippen molar-refractivity contribution in [3.8, 4) is 5.75 Å². The van der Waals surface area contributed by atoms with Crippen molar-refractivity contribution in [2.45, 2.75) is 12.5 Å². The Bertz CT molecular complexity index is 868. The predicted octanol–water partition coefficient (Wildman–Crippen LogP) is 4.52. The van der Waals surface area contributed by atoms with E-state index in [0.717, 1.165) is 0 Å². The lowest BCUT2D eigenvalue weighted by Crippen LogP contribution is -2.48. The summed E-state index contributed by atoms with van der Waals surface area (Å²) < 4.78 is 18.5. The maximum absolute atomic E-state index is 12.9. The zero-order valence-electron chi connectivity index (χ0n) is 16.7. The molecule has 1 unspecified atom stereocenters. The summed E-state index contributed by atoms with van der Waals surface area (Å²) >= 11 is 13.6. The summed E-state index contributed by atoms with van der Waals surface area (Å²) in [6, 6.07) is 9.53. The normalized spacial score (nSPS) is 11.6. The number of hydrogen-bond donors (Lipinski definition) is 1. The molecule has 2 aromatic rings. The van der Waals surface area contributed by atoms with Crippen LogP contribution in [0.15, 0.2) is 42.5 Å². The average Bonchev–Trinajstić information content (AvgIpc) is 2.71. The van der Waals surface area contributed by atoms with Crippen molar-refractivity contribution in [1.82, 2.24) is 10.2 Å². The van der Waals surface area contributed by atoms with Gasteiger partial charge in [-0.2, -0.15) is 11.8 Å². The molecule has 0 aliphatic carbocycles. The average molecular weight is 473 g/mol. The van der Waals surface area contributed by atoms with Gasteiger partial charge in [-0.1, -0.05) is 23.2 Å². The Morgan fingerprint density at radius 2 is 1.90 bits per heavy atom. The second-order valence-corrected chi connectivity index (χ2v) is 8.32. The molecule has 0 heterocycles. The van der Waals surface area contributed by atoms with Crippen LogP contribution in [0.5, 0.6) is 5.75 Å². The number of nitrogens with one attached hydrogen (secondary N) is 1. The van der Waals surface area contributed by atoms with Gasteiger partial charge >= 0.3 is 0 Å². The Hall–Kier alpha value is -1.96. The third kappa shape index (κ3) is 7.38. The quantitative estimate of drug-likeness (QED) is 0.551. The number of benzene rings is 2. The summed E-state index contributed by atoms with van der Waals surface area (Å²) in [4.78, 5) is 27.0. The molecule has 2 aromatic carbocycles. The summed E-state index contributed by atoms with van der Waals surface area (Å²) in [5.41, 5.74) is 0.255. The lowest BCUT2D eigenvalue weighted by molar-refractivity contribution is -0.132. The van der Waals surface area contributed by atoms with Crippen molar-refractivity contribution in [2.24, 2.45) is 0 Å². The van der Waals surface area contributed by atoms with Crippen LogP contribution < -0.4 is 10.1 Å². The number of halogens is 3. The van der Waals surface area contributed by atoms with Gasteiger partial charge in [0.15, 0.2) is 0 Å². The van der Waals surface area contributed by atoms with Gasteiger partial charge in [-0.15, -0.1) is 0 Å². The number of nitrogens with zero attached hydrogens (tertiary/aromatic N) is 1. The maximum atomic E-state index is 12.9. The fourth-order valence-corrected chi connectivity index (χ4v) is 3.58. The molecule has 0 aliphatic heterocycles. The third-order valence-electron chi connectivity index (χ3n) is 4.28. The predicted molar refractivity (Wildman–Crippen MR) is 120 cm³/mol. The van der Waals surface area contributed by atoms with Gasteiger partial charge in [-0.25, -0.2) is 4.39 Å². The highest BCUT2D eigenvalue weighted by Crippen LogP contribution is 2.21. The van der Waals surface area contributed by atoms with Gasteiger partial charge in [0.1, 0.15) is 24.2 Å². The first-order valence-electron chi connectivity index (χ1n) is 9.20. The number of hydrogen-bond acceptors (Lipinski definition) is 4. The van der Waals surface area contributed by atoms with Crippen molar-refractivity contribution in [3.63, 3.8) is 0 Å². The van der Waals surface area contributed by atoms with Gasteiger partial charge in [0.25, 0.3) is 5.91 Å². The van der Waals surface area contributed by atoms with Crippen molar-refractivity contribution >= 4 is 46.8 Å². The monoisotopic (exact) mass is 472 g/mol. The molecule has 0 radical (unpaired) electrons. The number of ether oxygens (including phenoxy) is 1. The van der Waals surface area contributed by atoms with E-state index in [1.165, 1.54) is 41.3 Å². The van der Waals surface area contributed by atoms with E-state index < -0.39 is 11.9 Å². The molecule has 2 rings (SSSR count). The molecule has 0 fully saturated rings.